The van der Waals surface area contributed by atoms with Crippen LogP contribution in [0.25, 0.3) is 0 Å². The van der Waals surface area contributed by atoms with Gasteiger partial charge in [-0.2, -0.15) is 37.0 Å². The molecule has 0 saturated carbocycles. The zero-order valence-electron chi connectivity index (χ0n) is 22.9. The second kappa shape index (κ2) is 12.4. The van der Waals surface area contributed by atoms with E-state index < -0.39 is 57.5 Å². The molecule has 44 heavy (non-hydrogen) atoms. The maximum Gasteiger partial charge on any atom is 0.523 e. The van der Waals surface area contributed by atoms with Gasteiger partial charge in [0.15, 0.2) is 17.9 Å². The van der Waals surface area contributed by atoms with E-state index in [-0.39, 0.29) is 24.5 Å². The van der Waals surface area contributed by atoms with Gasteiger partial charge >= 0.3 is 21.3 Å². The lowest BCUT2D eigenvalue weighted by atomic mass is 9.92. The van der Waals surface area contributed by atoms with Crippen molar-refractivity contribution in [1.82, 2.24) is 25.0 Å². The van der Waals surface area contributed by atoms with E-state index in [1.165, 1.54) is 13.1 Å². The Labute approximate surface area is 247 Å². The maximum atomic E-state index is 13.7. The first kappa shape index (κ1) is 31.3. The summed E-state index contributed by atoms with van der Waals surface area (Å²) in [5.41, 5.74) is -8.46. The largest absolute Gasteiger partial charge is 0.523 e. The summed E-state index contributed by atoms with van der Waals surface area (Å²) in [6.45, 7) is 0.631. The lowest BCUT2D eigenvalue weighted by Crippen LogP contribution is -2.48. The van der Waals surface area contributed by atoms with E-state index in [9.17, 15) is 31.2 Å². The van der Waals surface area contributed by atoms with Gasteiger partial charge in [0, 0.05) is 11.8 Å². The van der Waals surface area contributed by atoms with E-state index in [1.807, 2.05) is 4.98 Å². The molecule has 4 aromatic rings. The number of aryl methyl sites for hydroxylation is 1. The summed E-state index contributed by atoms with van der Waals surface area (Å²) < 4.78 is 89.8. The minimum atomic E-state index is -6.28. The smallest absolute Gasteiger partial charge is 0.373 e. The SMILES string of the molecule is Cc1cn([C@@H]2O[C@@](COCc3ccccc3)(c3cn[nH]n3)[C@@H](OCc3ccccc3)[C@@H]2OS(=O)(=O)C(F)(F)F)c(=O)[nH]c1=O. The highest BCUT2D eigenvalue weighted by molar-refractivity contribution is 7.87. The molecule has 5 rings (SSSR count). The summed E-state index contributed by atoms with van der Waals surface area (Å²) >= 11 is 0. The molecule has 0 unspecified atom stereocenters. The molecule has 0 radical (unpaired) electrons. The summed E-state index contributed by atoms with van der Waals surface area (Å²) in [6, 6.07) is 17.4. The minimum Gasteiger partial charge on any atom is -0.373 e. The lowest BCUT2D eigenvalue weighted by molar-refractivity contribution is -0.165. The van der Waals surface area contributed by atoms with Gasteiger partial charge in [-0.15, -0.1) is 0 Å². The molecule has 1 aliphatic rings. The third-order valence-electron chi connectivity index (χ3n) is 6.86. The number of alkyl halides is 3. The molecule has 0 aliphatic carbocycles. The second-order valence-electron chi connectivity index (χ2n) is 9.89. The fourth-order valence-electron chi connectivity index (χ4n) is 4.74. The van der Waals surface area contributed by atoms with Crippen LogP contribution in [0.1, 0.15) is 28.6 Å². The number of hydrogen-bond donors (Lipinski definition) is 2. The predicted octanol–water partition coefficient (Wildman–Crippen LogP) is 2.42. The number of rotatable bonds is 11. The second-order valence-corrected chi connectivity index (χ2v) is 11.5. The van der Waals surface area contributed by atoms with Gasteiger partial charge in [-0.1, -0.05) is 60.7 Å². The molecule has 2 N–H and O–H groups in total. The normalized spacial score (nSPS) is 22.3. The summed E-state index contributed by atoms with van der Waals surface area (Å²) in [6.07, 6.45) is -3.54. The van der Waals surface area contributed by atoms with Crippen molar-refractivity contribution in [3.63, 3.8) is 0 Å². The zero-order chi connectivity index (χ0) is 31.5. The Hall–Kier alpha value is -4.16. The van der Waals surface area contributed by atoms with E-state index in [0.717, 1.165) is 16.3 Å². The zero-order valence-corrected chi connectivity index (χ0v) is 23.7. The van der Waals surface area contributed by atoms with Gasteiger partial charge in [0.05, 0.1) is 26.0 Å². The molecular formula is C27H26F3N5O8S. The summed E-state index contributed by atoms with van der Waals surface area (Å²) in [5.74, 6) is 0. The van der Waals surface area contributed by atoms with Gasteiger partial charge in [0.25, 0.3) is 5.56 Å². The molecule has 1 saturated heterocycles. The molecule has 0 bridgehead atoms. The van der Waals surface area contributed by atoms with Crippen molar-refractivity contribution >= 4 is 10.1 Å². The van der Waals surface area contributed by atoms with Gasteiger partial charge in [0.1, 0.15) is 11.8 Å². The Morgan fingerprint density at radius 1 is 1.02 bits per heavy atom. The van der Waals surface area contributed by atoms with E-state index in [4.69, 9.17) is 18.4 Å². The first-order valence-corrected chi connectivity index (χ1v) is 14.4. The first-order valence-electron chi connectivity index (χ1n) is 13.0. The van der Waals surface area contributed by atoms with Crippen molar-refractivity contribution < 1.29 is 40.0 Å². The molecule has 17 heteroatoms. The number of aromatic nitrogens is 5. The van der Waals surface area contributed by atoms with Crippen molar-refractivity contribution in [2.24, 2.45) is 0 Å². The molecule has 13 nitrogen and oxygen atoms in total. The van der Waals surface area contributed by atoms with Crippen LogP contribution >= 0.6 is 0 Å². The highest BCUT2D eigenvalue weighted by Gasteiger charge is 2.63. The number of nitrogens with zero attached hydrogens (tertiary/aromatic N) is 3. The summed E-state index contributed by atoms with van der Waals surface area (Å²) in [4.78, 5) is 27.1. The van der Waals surface area contributed by atoms with Gasteiger partial charge < -0.3 is 14.2 Å². The van der Waals surface area contributed by atoms with E-state index in [1.54, 1.807) is 60.7 Å². The highest BCUT2D eigenvalue weighted by atomic mass is 32.2. The van der Waals surface area contributed by atoms with E-state index in [2.05, 4.69) is 15.4 Å². The fraction of sp³-hybridized carbons (Fsp3) is 0.333. The molecule has 1 fully saturated rings. The summed E-state index contributed by atoms with van der Waals surface area (Å²) in [5, 5.41) is 10.3. The fourth-order valence-corrected chi connectivity index (χ4v) is 5.34. The third kappa shape index (κ3) is 6.36. The average molecular weight is 638 g/mol. The Morgan fingerprint density at radius 3 is 2.25 bits per heavy atom. The third-order valence-corrected chi connectivity index (χ3v) is 7.90. The Kier molecular flexibility index (Phi) is 8.85. The molecule has 4 atom stereocenters. The number of aromatic amines is 2. The highest BCUT2D eigenvalue weighted by Crippen LogP contribution is 2.48. The van der Waals surface area contributed by atoms with Crippen molar-refractivity contribution in [3.05, 3.63) is 116 Å². The molecule has 0 spiro atoms. The number of H-pyrrole nitrogens is 2. The lowest BCUT2D eigenvalue weighted by Gasteiger charge is -2.33. The molecular weight excluding hydrogens is 611 g/mol. The van der Waals surface area contributed by atoms with Crippen LogP contribution in [0.2, 0.25) is 0 Å². The Morgan fingerprint density at radius 2 is 1.66 bits per heavy atom. The predicted molar refractivity (Wildman–Crippen MR) is 145 cm³/mol. The average Bonchev–Trinajstić information content (AvgIpc) is 3.62. The van der Waals surface area contributed by atoms with Gasteiger partial charge in [0.2, 0.25) is 0 Å². The number of ether oxygens (including phenoxy) is 3. The molecule has 3 heterocycles. The van der Waals surface area contributed by atoms with Crippen molar-refractivity contribution in [2.45, 2.75) is 49.7 Å². The van der Waals surface area contributed by atoms with Crippen LogP contribution in [0.3, 0.4) is 0 Å². The minimum absolute atomic E-state index is 0.00393. The Bertz CT molecular complexity index is 1780. The number of hydrogen-bond acceptors (Lipinski definition) is 10. The van der Waals surface area contributed by atoms with Gasteiger partial charge in [-0.05, 0) is 18.1 Å². The summed E-state index contributed by atoms with van der Waals surface area (Å²) in [7, 11) is -6.28. The number of halogens is 3. The van der Waals surface area contributed by atoms with Crippen LogP contribution < -0.4 is 11.2 Å². The molecule has 2 aromatic heterocycles. The van der Waals surface area contributed by atoms with Crippen molar-refractivity contribution in [1.29, 1.82) is 0 Å². The van der Waals surface area contributed by atoms with Crippen LogP contribution in [0.5, 0.6) is 0 Å². The topological polar surface area (TPSA) is 167 Å². The van der Waals surface area contributed by atoms with Gasteiger partial charge in [-0.3, -0.25) is 18.5 Å². The first-order chi connectivity index (χ1) is 20.9. The molecule has 0 amide bonds. The van der Waals surface area contributed by atoms with E-state index >= 15 is 0 Å². The standard InChI is InChI=1S/C27H26F3N5O8S/c1-17-13-35(25(37)32-23(17)36)24-21(43-44(38,39)27(28,29)30)22(41-15-19-10-6-3-7-11-19)26(42-24,20-12-31-34-33-20)16-40-14-18-8-4-2-5-9-18/h2-13,21-22,24H,14-16H2,1H3,(H,31,33,34)(H,32,36,37)/t21-,22-,24+,26-/m0/s1. The molecule has 1 aliphatic heterocycles. The van der Waals surface area contributed by atoms with E-state index in [0.29, 0.717) is 5.56 Å². The Balaban J connectivity index is 1.66. The van der Waals surface area contributed by atoms with Crippen LogP contribution in [0.15, 0.2) is 82.6 Å². The molecule has 2 aromatic carbocycles. The van der Waals surface area contributed by atoms with Crippen LogP contribution in [0, 0.1) is 6.92 Å². The van der Waals surface area contributed by atoms with Crippen molar-refractivity contribution in [2.75, 3.05) is 6.61 Å². The number of nitrogens with one attached hydrogen (secondary N) is 2. The monoisotopic (exact) mass is 637 g/mol. The molecule has 234 valence electrons. The van der Waals surface area contributed by atoms with Crippen LogP contribution in [-0.4, -0.2) is 57.7 Å². The van der Waals surface area contributed by atoms with Crippen LogP contribution in [0.4, 0.5) is 13.2 Å². The quantitative estimate of drug-likeness (QED) is 0.184. The van der Waals surface area contributed by atoms with Crippen molar-refractivity contribution in [3.8, 4) is 0 Å². The number of benzene rings is 2. The van der Waals surface area contributed by atoms with Crippen LogP contribution in [-0.2, 0) is 47.3 Å². The maximum absolute atomic E-state index is 13.7. The van der Waals surface area contributed by atoms with Gasteiger partial charge in [-0.25, -0.2) is 4.79 Å².